The van der Waals surface area contributed by atoms with Crippen molar-refractivity contribution in [2.75, 3.05) is 11.4 Å². The van der Waals surface area contributed by atoms with Gasteiger partial charge in [-0.15, -0.1) is 4.80 Å². The largest absolute Gasteiger partial charge is 0.355 e. The van der Waals surface area contributed by atoms with Crippen molar-refractivity contribution in [2.24, 2.45) is 0 Å². The molecular weight excluding hydrogens is 391 g/mol. The molecule has 0 saturated carbocycles. The molecule has 1 aliphatic rings. The highest BCUT2D eigenvalue weighted by molar-refractivity contribution is 5.77. The maximum atomic E-state index is 14.2. The minimum atomic E-state index is -0.360. The summed E-state index contributed by atoms with van der Waals surface area (Å²) >= 11 is 0. The molecule has 1 atom stereocenters. The zero-order valence-corrected chi connectivity index (χ0v) is 17.9. The fraction of sp³-hybridized carbons (Fsp3) is 0.292. The van der Waals surface area contributed by atoms with E-state index in [9.17, 15) is 4.39 Å². The van der Waals surface area contributed by atoms with Crippen molar-refractivity contribution in [3.63, 3.8) is 0 Å². The minimum absolute atomic E-state index is 0.0457. The Bertz CT molecular complexity index is 1270. The quantitative estimate of drug-likeness (QED) is 0.484. The van der Waals surface area contributed by atoms with Gasteiger partial charge in [-0.1, -0.05) is 39.0 Å². The van der Waals surface area contributed by atoms with Gasteiger partial charge in [-0.25, -0.2) is 9.37 Å². The first kappa shape index (κ1) is 19.5. The van der Waals surface area contributed by atoms with Crippen molar-refractivity contribution in [1.82, 2.24) is 25.0 Å². The van der Waals surface area contributed by atoms with Gasteiger partial charge in [0.15, 0.2) is 0 Å². The third-order valence-corrected chi connectivity index (χ3v) is 5.73. The fourth-order valence-corrected chi connectivity index (χ4v) is 4.11. The minimum Gasteiger partial charge on any atom is -0.355 e. The average molecular weight is 415 g/mol. The molecular formula is C24H24FN6. The highest BCUT2D eigenvalue weighted by atomic mass is 19.1. The summed E-state index contributed by atoms with van der Waals surface area (Å²) in [7, 11) is 0. The van der Waals surface area contributed by atoms with E-state index in [0.717, 1.165) is 28.9 Å². The van der Waals surface area contributed by atoms with Crippen LogP contribution in [0.25, 0.3) is 16.7 Å². The summed E-state index contributed by atoms with van der Waals surface area (Å²) < 4.78 is 14.2. The molecule has 1 radical (unpaired) electrons. The lowest BCUT2D eigenvalue weighted by Gasteiger charge is -2.26. The predicted octanol–water partition coefficient (Wildman–Crippen LogP) is 4.89. The molecule has 5 rings (SSSR count). The van der Waals surface area contributed by atoms with E-state index in [1.165, 1.54) is 22.5 Å². The van der Waals surface area contributed by atoms with Gasteiger partial charge in [0.2, 0.25) is 0 Å². The second-order valence-electron chi connectivity index (χ2n) is 9.07. The van der Waals surface area contributed by atoms with Crippen molar-refractivity contribution >= 4 is 16.7 Å². The molecule has 1 saturated heterocycles. The predicted molar refractivity (Wildman–Crippen MR) is 119 cm³/mol. The first-order chi connectivity index (χ1) is 14.8. The summed E-state index contributed by atoms with van der Waals surface area (Å²) in [5, 5.41) is 8.42. The SMILES string of the molecule is C=C1C[C@@H](c2nc3cc(C(C)(C)C)ccc3[nH]2)N(c2cc(F)c[c]c2-n2nccn2)C1. The van der Waals surface area contributed by atoms with Gasteiger partial charge in [0.05, 0.1) is 35.2 Å². The standard InChI is InChI=1S/C24H24FN6/c1-15-11-22(23-28-18-7-5-16(24(2,3)4)12-19(18)29-23)30(14-15)21-13-17(25)6-8-20(21)31-26-9-10-27-31/h5-7,9-10,12-13,22H,1,11,14H2,2-4H3,(H,28,29)/t22-/m0/s1. The van der Waals surface area contributed by atoms with Crippen LogP contribution in [0, 0.1) is 11.9 Å². The Morgan fingerprint density at radius 3 is 2.71 bits per heavy atom. The molecule has 0 amide bonds. The van der Waals surface area contributed by atoms with Gasteiger partial charge in [-0.3, -0.25) is 0 Å². The Morgan fingerprint density at radius 1 is 1.19 bits per heavy atom. The smallest absolute Gasteiger partial charge is 0.130 e. The summed E-state index contributed by atoms with van der Waals surface area (Å²) in [6, 6.07) is 12.0. The number of hydrogen-bond acceptors (Lipinski definition) is 4. The van der Waals surface area contributed by atoms with E-state index in [4.69, 9.17) is 4.98 Å². The number of nitrogens with zero attached hydrogens (tertiary/aromatic N) is 5. The fourth-order valence-electron chi connectivity index (χ4n) is 4.11. The van der Waals surface area contributed by atoms with Crippen LogP contribution in [0.2, 0.25) is 0 Å². The number of hydrogen-bond donors (Lipinski definition) is 1. The molecule has 0 bridgehead atoms. The summed E-state index contributed by atoms with van der Waals surface area (Å²) in [6.07, 6.45) is 3.91. The van der Waals surface area contributed by atoms with Gasteiger partial charge in [0, 0.05) is 12.6 Å². The summed E-state index contributed by atoms with van der Waals surface area (Å²) in [5.74, 6) is 0.477. The van der Waals surface area contributed by atoms with E-state index in [1.54, 1.807) is 12.4 Å². The van der Waals surface area contributed by atoms with Crippen LogP contribution in [0.4, 0.5) is 10.1 Å². The molecule has 0 unspecified atom stereocenters. The number of H-pyrrole nitrogens is 1. The van der Waals surface area contributed by atoms with Gasteiger partial charge < -0.3 is 9.88 Å². The zero-order valence-electron chi connectivity index (χ0n) is 17.9. The third kappa shape index (κ3) is 3.50. The Balaban J connectivity index is 1.59. The Kier molecular flexibility index (Phi) is 4.43. The number of rotatable bonds is 3. The van der Waals surface area contributed by atoms with Crippen molar-refractivity contribution in [1.29, 1.82) is 0 Å². The van der Waals surface area contributed by atoms with Gasteiger partial charge in [0.25, 0.3) is 0 Å². The molecule has 1 fully saturated rings. The van der Waals surface area contributed by atoms with Crippen LogP contribution >= 0.6 is 0 Å². The third-order valence-electron chi connectivity index (χ3n) is 5.73. The molecule has 0 aliphatic carbocycles. The first-order valence-corrected chi connectivity index (χ1v) is 10.3. The molecule has 7 heteroatoms. The van der Waals surface area contributed by atoms with E-state index in [1.807, 2.05) is 0 Å². The van der Waals surface area contributed by atoms with Crippen molar-refractivity contribution < 1.29 is 4.39 Å². The maximum Gasteiger partial charge on any atom is 0.130 e. The number of anilines is 1. The van der Waals surface area contributed by atoms with Gasteiger partial charge in [0.1, 0.15) is 17.3 Å². The summed E-state index contributed by atoms with van der Waals surface area (Å²) in [5.41, 5.74) is 5.51. The molecule has 4 aromatic rings. The lowest BCUT2D eigenvalue weighted by Crippen LogP contribution is -2.25. The lowest BCUT2D eigenvalue weighted by molar-refractivity contribution is 0.591. The highest BCUT2D eigenvalue weighted by Crippen LogP contribution is 2.40. The van der Waals surface area contributed by atoms with Crippen LogP contribution in [-0.4, -0.2) is 31.5 Å². The van der Waals surface area contributed by atoms with Crippen LogP contribution < -0.4 is 4.90 Å². The zero-order chi connectivity index (χ0) is 21.8. The monoisotopic (exact) mass is 415 g/mol. The normalized spacial score (nSPS) is 17.1. The number of halogens is 1. The number of aromatic amines is 1. The molecule has 0 spiro atoms. The average Bonchev–Trinajstić information content (AvgIpc) is 3.45. The van der Waals surface area contributed by atoms with E-state index < -0.39 is 0 Å². The van der Waals surface area contributed by atoms with Crippen LogP contribution in [0.1, 0.15) is 44.6 Å². The molecule has 1 N–H and O–H groups in total. The molecule has 6 nitrogen and oxygen atoms in total. The van der Waals surface area contributed by atoms with Crippen LogP contribution in [0.15, 0.2) is 54.9 Å². The Hall–Kier alpha value is -3.48. The number of nitrogens with one attached hydrogen (secondary N) is 1. The molecule has 3 heterocycles. The van der Waals surface area contributed by atoms with E-state index >= 15 is 0 Å². The van der Waals surface area contributed by atoms with E-state index in [2.05, 4.69) is 71.7 Å². The van der Waals surface area contributed by atoms with E-state index in [-0.39, 0.29) is 17.3 Å². The van der Waals surface area contributed by atoms with Crippen molar-refractivity contribution in [3.05, 3.63) is 78.1 Å². The summed E-state index contributed by atoms with van der Waals surface area (Å²) in [4.78, 5) is 11.9. The van der Waals surface area contributed by atoms with Crippen LogP contribution in [0.3, 0.4) is 0 Å². The maximum absolute atomic E-state index is 14.2. The van der Waals surface area contributed by atoms with E-state index in [0.29, 0.717) is 17.9 Å². The second-order valence-corrected chi connectivity index (χ2v) is 9.07. The molecule has 157 valence electrons. The molecule has 2 aromatic heterocycles. The Labute approximate surface area is 180 Å². The summed E-state index contributed by atoms with van der Waals surface area (Å²) in [6.45, 7) is 11.4. The van der Waals surface area contributed by atoms with Crippen molar-refractivity contribution in [2.45, 2.75) is 38.6 Å². The van der Waals surface area contributed by atoms with Gasteiger partial charge in [-0.2, -0.15) is 10.2 Å². The highest BCUT2D eigenvalue weighted by Gasteiger charge is 2.33. The first-order valence-electron chi connectivity index (χ1n) is 10.3. The number of aromatic nitrogens is 5. The van der Waals surface area contributed by atoms with Gasteiger partial charge >= 0.3 is 0 Å². The van der Waals surface area contributed by atoms with Crippen molar-refractivity contribution in [3.8, 4) is 5.69 Å². The second kappa shape index (κ2) is 7.04. The lowest BCUT2D eigenvalue weighted by atomic mass is 9.87. The topological polar surface area (TPSA) is 62.6 Å². The molecule has 2 aromatic carbocycles. The number of benzene rings is 2. The van der Waals surface area contributed by atoms with Gasteiger partial charge in [-0.05, 0) is 41.7 Å². The number of fused-ring (bicyclic) bond motifs is 1. The van der Waals surface area contributed by atoms with Crippen LogP contribution in [0.5, 0.6) is 0 Å². The number of imidazole rings is 1. The molecule has 31 heavy (non-hydrogen) atoms. The van der Waals surface area contributed by atoms with Crippen LogP contribution in [-0.2, 0) is 5.41 Å². The molecule has 1 aliphatic heterocycles. The Morgan fingerprint density at radius 2 is 1.97 bits per heavy atom.